The predicted molar refractivity (Wildman–Crippen MR) is 75.7 cm³/mol. The molecular formula is C15H30N2O. The molecule has 106 valence electrons. The molecule has 2 rings (SSSR count). The van der Waals surface area contributed by atoms with Crippen LogP contribution in [0.25, 0.3) is 0 Å². The second kappa shape index (κ2) is 6.36. The Morgan fingerprint density at radius 2 is 2.06 bits per heavy atom. The first-order chi connectivity index (χ1) is 8.72. The average molecular weight is 254 g/mol. The van der Waals surface area contributed by atoms with E-state index in [9.17, 15) is 5.11 Å². The minimum atomic E-state index is -0.0262. The maximum absolute atomic E-state index is 9.94. The molecule has 1 saturated heterocycles. The zero-order chi connectivity index (χ0) is 13.0. The molecule has 2 unspecified atom stereocenters. The SMILES string of the molecule is CCCNC(CO)(CN1CCCCC1C)C1CC1. The van der Waals surface area contributed by atoms with Crippen molar-refractivity contribution in [3.05, 3.63) is 0 Å². The summed E-state index contributed by atoms with van der Waals surface area (Å²) in [6.07, 6.45) is 7.74. The van der Waals surface area contributed by atoms with Crippen LogP contribution in [-0.2, 0) is 0 Å². The second-order valence-electron chi connectivity index (χ2n) is 6.33. The first kappa shape index (κ1) is 14.3. The van der Waals surface area contributed by atoms with Crippen LogP contribution in [0, 0.1) is 5.92 Å². The Hall–Kier alpha value is -0.120. The van der Waals surface area contributed by atoms with Crippen molar-refractivity contribution in [2.75, 3.05) is 26.2 Å². The van der Waals surface area contributed by atoms with Crippen molar-refractivity contribution in [1.29, 1.82) is 0 Å². The average Bonchev–Trinajstić information content (AvgIpc) is 3.22. The highest BCUT2D eigenvalue weighted by Crippen LogP contribution is 2.40. The zero-order valence-corrected chi connectivity index (χ0v) is 12.1. The molecule has 0 spiro atoms. The number of rotatable bonds is 7. The van der Waals surface area contributed by atoms with E-state index in [1.165, 1.54) is 38.6 Å². The van der Waals surface area contributed by atoms with E-state index in [-0.39, 0.29) is 5.54 Å². The van der Waals surface area contributed by atoms with Crippen molar-refractivity contribution >= 4 is 0 Å². The van der Waals surface area contributed by atoms with Crippen molar-refractivity contribution in [2.24, 2.45) is 5.92 Å². The third kappa shape index (κ3) is 3.25. The highest BCUT2D eigenvalue weighted by Gasteiger charge is 2.45. The van der Waals surface area contributed by atoms with Gasteiger partial charge in [0.25, 0.3) is 0 Å². The molecule has 0 bridgehead atoms. The Kier molecular flexibility index (Phi) is 5.05. The first-order valence-corrected chi connectivity index (χ1v) is 7.82. The number of likely N-dealkylation sites (tertiary alicyclic amines) is 1. The lowest BCUT2D eigenvalue weighted by molar-refractivity contribution is 0.0590. The molecule has 0 aromatic rings. The third-order valence-corrected chi connectivity index (χ3v) is 4.79. The summed E-state index contributed by atoms with van der Waals surface area (Å²) in [5, 5.41) is 13.6. The van der Waals surface area contributed by atoms with Crippen LogP contribution in [-0.4, -0.2) is 47.8 Å². The quantitative estimate of drug-likeness (QED) is 0.729. The fourth-order valence-electron chi connectivity index (χ4n) is 3.33. The van der Waals surface area contributed by atoms with Crippen LogP contribution in [0.1, 0.15) is 52.4 Å². The molecule has 2 N–H and O–H groups in total. The fraction of sp³-hybridized carbons (Fsp3) is 1.00. The van der Waals surface area contributed by atoms with Gasteiger partial charge in [0.05, 0.1) is 12.1 Å². The number of aliphatic hydroxyl groups excluding tert-OH is 1. The predicted octanol–water partition coefficient (Wildman–Crippen LogP) is 2.00. The summed E-state index contributed by atoms with van der Waals surface area (Å²) in [6.45, 7) is 8.11. The number of nitrogens with zero attached hydrogens (tertiary/aromatic N) is 1. The maximum atomic E-state index is 9.94. The molecule has 3 heteroatoms. The number of nitrogens with one attached hydrogen (secondary N) is 1. The Labute approximate surface area is 112 Å². The van der Waals surface area contributed by atoms with E-state index in [0.717, 1.165) is 19.5 Å². The van der Waals surface area contributed by atoms with Gasteiger partial charge in [0.2, 0.25) is 0 Å². The number of hydrogen-bond acceptors (Lipinski definition) is 3. The van der Waals surface area contributed by atoms with E-state index >= 15 is 0 Å². The summed E-state index contributed by atoms with van der Waals surface area (Å²) in [5.74, 6) is 0.697. The van der Waals surface area contributed by atoms with Crippen LogP contribution < -0.4 is 5.32 Å². The molecule has 3 nitrogen and oxygen atoms in total. The molecule has 1 aliphatic heterocycles. The second-order valence-corrected chi connectivity index (χ2v) is 6.33. The molecule has 0 aromatic heterocycles. The molecule has 0 amide bonds. The first-order valence-electron chi connectivity index (χ1n) is 7.82. The van der Waals surface area contributed by atoms with Crippen LogP contribution in [0.4, 0.5) is 0 Å². The number of hydrogen-bond donors (Lipinski definition) is 2. The zero-order valence-electron chi connectivity index (χ0n) is 12.1. The molecule has 0 aromatic carbocycles. The standard InChI is InChI=1S/C15H30N2O/c1-3-9-16-15(12-18,14-7-8-14)11-17-10-5-4-6-13(17)2/h13-14,16,18H,3-12H2,1-2H3. The molecule has 2 aliphatic rings. The summed E-state index contributed by atoms with van der Waals surface area (Å²) in [6, 6.07) is 0.687. The molecule has 2 fully saturated rings. The fourth-order valence-corrected chi connectivity index (χ4v) is 3.33. The van der Waals surface area contributed by atoms with Gasteiger partial charge >= 0.3 is 0 Å². The summed E-state index contributed by atoms with van der Waals surface area (Å²) < 4.78 is 0. The van der Waals surface area contributed by atoms with E-state index in [0.29, 0.717) is 18.6 Å². The van der Waals surface area contributed by atoms with Gasteiger partial charge in [-0.2, -0.15) is 0 Å². The van der Waals surface area contributed by atoms with Crippen molar-refractivity contribution in [3.63, 3.8) is 0 Å². The largest absolute Gasteiger partial charge is 0.394 e. The smallest absolute Gasteiger partial charge is 0.0628 e. The summed E-state index contributed by atoms with van der Waals surface area (Å²) >= 11 is 0. The number of piperidine rings is 1. The highest BCUT2D eigenvalue weighted by atomic mass is 16.3. The lowest BCUT2D eigenvalue weighted by atomic mass is 9.90. The molecule has 2 atom stereocenters. The maximum Gasteiger partial charge on any atom is 0.0628 e. The summed E-state index contributed by atoms with van der Waals surface area (Å²) in [4.78, 5) is 2.60. The van der Waals surface area contributed by atoms with Gasteiger partial charge in [0, 0.05) is 12.6 Å². The summed E-state index contributed by atoms with van der Waals surface area (Å²) in [7, 11) is 0. The minimum Gasteiger partial charge on any atom is -0.394 e. The summed E-state index contributed by atoms with van der Waals surface area (Å²) in [5.41, 5.74) is -0.0262. The molecule has 1 aliphatic carbocycles. The van der Waals surface area contributed by atoms with Gasteiger partial charge in [-0.15, -0.1) is 0 Å². The van der Waals surface area contributed by atoms with E-state index in [4.69, 9.17) is 0 Å². The van der Waals surface area contributed by atoms with E-state index < -0.39 is 0 Å². The van der Waals surface area contributed by atoms with Gasteiger partial charge in [0.15, 0.2) is 0 Å². The highest BCUT2D eigenvalue weighted by molar-refractivity contribution is 5.03. The molecule has 0 radical (unpaired) electrons. The Balaban J connectivity index is 1.98. The van der Waals surface area contributed by atoms with Gasteiger partial charge in [0.1, 0.15) is 0 Å². The van der Waals surface area contributed by atoms with E-state index in [1.807, 2.05) is 0 Å². The molecule has 1 heterocycles. The lowest BCUT2D eigenvalue weighted by Gasteiger charge is -2.42. The van der Waals surface area contributed by atoms with Crippen molar-refractivity contribution < 1.29 is 5.11 Å². The van der Waals surface area contributed by atoms with Gasteiger partial charge in [-0.1, -0.05) is 13.3 Å². The van der Waals surface area contributed by atoms with Gasteiger partial charge < -0.3 is 10.4 Å². The van der Waals surface area contributed by atoms with Gasteiger partial charge in [-0.05, 0) is 58.0 Å². The molecule has 18 heavy (non-hydrogen) atoms. The minimum absolute atomic E-state index is 0.0262. The van der Waals surface area contributed by atoms with Crippen molar-refractivity contribution in [3.8, 4) is 0 Å². The Morgan fingerprint density at radius 3 is 2.61 bits per heavy atom. The van der Waals surface area contributed by atoms with Crippen LogP contribution in [0.2, 0.25) is 0 Å². The third-order valence-electron chi connectivity index (χ3n) is 4.79. The molecule has 1 saturated carbocycles. The van der Waals surface area contributed by atoms with Crippen LogP contribution in [0.3, 0.4) is 0 Å². The van der Waals surface area contributed by atoms with Gasteiger partial charge in [-0.3, -0.25) is 4.90 Å². The van der Waals surface area contributed by atoms with Crippen molar-refractivity contribution in [2.45, 2.75) is 64.0 Å². The van der Waals surface area contributed by atoms with Crippen LogP contribution in [0.5, 0.6) is 0 Å². The van der Waals surface area contributed by atoms with Crippen LogP contribution in [0.15, 0.2) is 0 Å². The van der Waals surface area contributed by atoms with Gasteiger partial charge in [-0.25, -0.2) is 0 Å². The van der Waals surface area contributed by atoms with Crippen molar-refractivity contribution in [1.82, 2.24) is 10.2 Å². The van der Waals surface area contributed by atoms with E-state index in [2.05, 4.69) is 24.1 Å². The van der Waals surface area contributed by atoms with E-state index in [1.54, 1.807) is 0 Å². The lowest BCUT2D eigenvalue weighted by Crippen LogP contribution is -2.60. The monoisotopic (exact) mass is 254 g/mol. The molecular weight excluding hydrogens is 224 g/mol. The van der Waals surface area contributed by atoms with Crippen LogP contribution >= 0.6 is 0 Å². The topological polar surface area (TPSA) is 35.5 Å². The Morgan fingerprint density at radius 1 is 1.28 bits per heavy atom. The number of aliphatic hydroxyl groups is 1. The normalized spacial score (nSPS) is 29.2. The Bertz CT molecular complexity index is 255.